The fourth-order valence-electron chi connectivity index (χ4n) is 3.27. The largest absolute Gasteiger partial charge is 0.340 e. The van der Waals surface area contributed by atoms with Gasteiger partial charge in [-0.05, 0) is 41.5 Å². The minimum atomic E-state index is -3.77. The number of nitrogens with zero attached hydrogens (tertiary/aromatic N) is 2. The zero-order chi connectivity index (χ0) is 22.4. The molecule has 1 N–H and O–H groups in total. The first kappa shape index (κ1) is 22.0. The van der Waals surface area contributed by atoms with E-state index in [1.807, 2.05) is 72.8 Å². The SMILES string of the molecule is O=S(=O)(c1ccc(Nc2cccc(Cl)c2)nc1)N(Cc1ccccc1)Cc1ccccc1. The van der Waals surface area contributed by atoms with E-state index >= 15 is 0 Å². The van der Waals surface area contributed by atoms with Crippen molar-refractivity contribution in [3.8, 4) is 0 Å². The summed E-state index contributed by atoms with van der Waals surface area (Å²) in [6, 6.07) is 29.6. The van der Waals surface area contributed by atoms with Gasteiger partial charge in [0.25, 0.3) is 0 Å². The Morgan fingerprint density at radius 2 is 1.41 bits per heavy atom. The Morgan fingerprint density at radius 3 is 1.94 bits per heavy atom. The summed E-state index contributed by atoms with van der Waals surface area (Å²) in [5.74, 6) is 0.531. The Balaban J connectivity index is 1.59. The molecule has 4 rings (SSSR count). The van der Waals surface area contributed by atoms with Crippen LogP contribution in [0, 0.1) is 0 Å². The molecule has 0 saturated carbocycles. The third-order valence-electron chi connectivity index (χ3n) is 4.87. The van der Waals surface area contributed by atoms with Gasteiger partial charge in [0.05, 0.1) is 0 Å². The van der Waals surface area contributed by atoms with E-state index in [-0.39, 0.29) is 18.0 Å². The Morgan fingerprint density at radius 1 is 0.781 bits per heavy atom. The van der Waals surface area contributed by atoms with Crippen LogP contribution in [0.1, 0.15) is 11.1 Å². The molecule has 0 aliphatic carbocycles. The zero-order valence-corrected chi connectivity index (χ0v) is 18.8. The molecule has 1 aromatic heterocycles. The Bertz CT molecular complexity index is 1220. The number of hydrogen-bond donors (Lipinski definition) is 1. The van der Waals surface area contributed by atoms with Gasteiger partial charge in [0.1, 0.15) is 10.7 Å². The molecule has 7 heteroatoms. The van der Waals surface area contributed by atoms with E-state index in [1.165, 1.54) is 10.5 Å². The molecule has 0 saturated heterocycles. The molecule has 5 nitrogen and oxygen atoms in total. The van der Waals surface area contributed by atoms with Crippen LogP contribution < -0.4 is 5.32 Å². The van der Waals surface area contributed by atoms with E-state index in [0.717, 1.165) is 16.8 Å². The monoisotopic (exact) mass is 463 g/mol. The zero-order valence-electron chi connectivity index (χ0n) is 17.2. The highest BCUT2D eigenvalue weighted by Gasteiger charge is 2.25. The van der Waals surface area contributed by atoms with Gasteiger partial charge in [0, 0.05) is 30.0 Å². The van der Waals surface area contributed by atoms with E-state index in [0.29, 0.717) is 10.8 Å². The van der Waals surface area contributed by atoms with Gasteiger partial charge in [-0.15, -0.1) is 0 Å². The minimum Gasteiger partial charge on any atom is -0.340 e. The summed E-state index contributed by atoms with van der Waals surface area (Å²) in [7, 11) is -3.77. The molecule has 0 atom stereocenters. The lowest BCUT2D eigenvalue weighted by atomic mass is 10.2. The van der Waals surface area contributed by atoms with Gasteiger partial charge in [-0.25, -0.2) is 13.4 Å². The van der Waals surface area contributed by atoms with E-state index < -0.39 is 10.0 Å². The summed E-state index contributed by atoms with van der Waals surface area (Å²) in [6.45, 7) is 0.529. The highest BCUT2D eigenvalue weighted by atomic mass is 35.5. The van der Waals surface area contributed by atoms with Crippen LogP contribution in [0.4, 0.5) is 11.5 Å². The predicted octanol–water partition coefficient (Wildman–Crippen LogP) is 5.87. The average molecular weight is 464 g/mol. The van der Waals surface area contributed by atoms with Gasteiger partial charge in [0.2, 0.25) is 10.0 Å². The molecular weight excluding hydrogens is 442 g/mol. The van der Waals surface area contributed by atoms with E-state index in [2.05, 4.69) is 10.3 Å². The van der Waals surface area contributed by atoms with Crippen molar-refractivity contribution in [1.82, 2.24) is 9.29 Å². The Labute approximate surface area is 193 Å². The van der Waals surface area contributed by atoms with E-state index in [1.54, 1.807) is 24.3 Å². The van der Waals surface area contributed by atoms with Crippen molar-refractivity contribution >= 4 is 33.1 Å². The van der Waals surface area contributed by atoms with Gasteiger partial charge < -0.3 is 5.32 Å². The Hall–Kier alpha value is -3.19. The number of benzene rings is 3. The number of halogens is 1. The fourth-order valence-corrected chi connectivity index (χ4v) is 4.82. The topological polar surface area (TPSA) is 62.3 Å². The number of pyridine rings is 1. The Kier molecular flexibility index (Phi) is 6.85. The summed E-state index contributed by atoms with van der Waals surface area (Å²) >= 11 is 6.02. The molecule has 0 amide bonds. The van der Waals surface area contributed by atoms with Crippen LogP contribution in [0.2, 0.25) is 5.02 Å². The quantitative estimate of drug-likeness (QED) is 0.355. The molecule has 0 bridgehead atoms. The van der Waals surface area contributed by atoms with Crippen molar-refractivity contribution in [2.75, 3.05) is 5.32 Å². The van der Waals surface area contributed by atoms with Gasteiger partial charge in [-0.1, -0.05) is 78.3 Å². The van der Waals surface area contributed by atoms with Gasteiger partial charge in [0.15, 0.2) is 0 Å². The maximum Gasteiger partial charge on any atom is 0.245 e. The summed E-state index contributed by atoms with van der Waals surface area (Å²) in [5.41, 5.74) is 2.61. The number of anilines is 2. The number of rotatable bonds is 8. The first-order valence-electron chi connectivity index (χ1n) is 10.1. The number of sulfonamides is 1. The van der Waals surface area contributed by atoms with Crippen LogP contribution in [-0.2, 0) is 23.1 Å². The summed E-state index contributed by atoms with van der Waals surface area (Å²) in [5, 5.41) is 3.73. The van der Waals surface area contributed by atoms with Crippen LogP contribution in [0.3, 0.4) is 0 Å². The van der Waals surface area contributed by atoms with Crippen molar-refractivity contribution in [1.29, 1.82) is 0 Å². The van der Waals surface area contributed by atoms with Crippen molar-refractivity contribution in [2.24, 2.45) is 0 Å². The second-order valence-corrected chi connectivity index (χ2v) is 9.63. The molecular formula is C25H22ClN3O2S. The van der Waals surface area contributed by atoms with Crippen LogP contribution in [0.15, 0.2) is 108 Å². The van der Waals surface area contributed by atoms with E-state index in [4.69, 9.17) is 11.6 Å². The van der Waals surface area contributed by atoms with Gasteiger partial charge >= 0.3 is 0 Å². The number of nitrogens with one attached hydrogen (secondary N) is 1. The van der Waals surface area contributed by atoms with Crippen molar-refractivity contribution in [3.05, 3.63) is 119 Å². The molecule has 0 fully saturated rings. The van der Waals surface area contributed by atoms with Gasteiger partial charge in [-0.3, -0.25) is 0 Å². The van der Waals surface area contributed by atoms with Crippen LogP contribution in [0.5, 0.6) is 0 Å². The lowest BCUT2D eigenvalue weighted by Gasteiger charge is -2.22. The van der Waals surface area contributed by atoms with Crippen LogP contribution in [0.25, 0.3) is 0 Å². The molecule has 162 valence electrons. The maximum absolute atomic E-state index is 13.5. The summed E-state index contributed by atoms with van der Waals surface area (Å²) < 4.78 is 28.5. The number of aromatic nitrogens is 1. The predicted molar refractivity (Wildman–Crippen MR) is 128 cm³/mol. The summed E-state index contributed by atoms with van der Waals surface area (Å²) in [6.07, 6.45) is 1.38. The average Bonchev–Trinajstić information content (AvgIpc) is 2.80. The molecule has 0 spiro atoms. The third kappa shape index (κ3) is 5.53. The van der Waals surface area contributed by atoms with Crippen molar-refractivity contribution < 1.29 is 8.42 Å². The fraction of sp³-hybridized carbons (Fsp3) is 0.0800. The maximum atomic E-state index is 13.5. The molecule has 4 aromatic rings. The van der Waals surface area contributed by atoms with Crippen LogP contribution in [-0.4, -0.2) is 17.7 Å². The smallest absolute Gasteiger partial charge is 0.245 e. The standard InChI is InChI=1S/C25H22ClN3O2S/c26-22-12-7-13-23(16-22)28-25-15-14-24(17-27-25)32(30,31)29(18-20-8-3-1-4-9-20)19-21-10-5-2-6-11-21/h1-17H,18-19H2,(H,27,28). The lowest BCUT2D eigenvalue weighted by Crippen LogP contribution is -2.30. The highest BCUT2D eigenvalue weighted by molar-refractivity contribution is 7.89. The molecule has 32 heavy (non-hydrogen) atoms. The lowest BCUT2D eigenvalue weighted by molar-refractivity contribution is 0.401. The summed E-state index contributed by atoms with van der Waals surface area (Å²) in [4.78, 5) is 4.45. The molecule has 0 aliphatic rings. The molecule has 0 aliphatic heterocycles. The van der Waals surface area contributed by atoms with E-state index in [9.17, 15) is 8.42 Å². The van der Waals surface area contributed by atoms with Crippen LogP contribution >= 0.6 is 11.6 Å². The van der Waals surface area contributed by atoms with Gasteiger partial charge in [-0.2, -0.15) is 4.31 Å². The molecule has 1 heterocycles. The number of hydrogen-bond acceptors (Lipinski definition) is 4. The first-order chi connectivity index (χ1) is 15.5. The molecule has 0 radical (unpaired) electrons. The molecule has 3 aromatic carbocycles. The normalized spacial score (nSPS) is 11.4. The molecule has 0 unspecified atom stereocenters. The third-order valence-corrected chi connectivity index (χ3v) is 6.88. The first-order valence-corrected chi connectivity index (χ1v) is 11.9. The van der Waals surface area contributed by atoms with Crippen molar-refractivity contribution in [3.63, 3.8) is 0 Å². The second kappa shape index (κ2) is 9.96. The van der Waals surface area contributed by atoms with Crippen molar-refractivity contribution in [2.45, 2.75) is 18.0 Å². The highest BCUT2D eigenvalue weighted by Crippen LogP contribution is 2.23. The second-order valence-electron chi connectivity index (χ2n) is 7.26. The minimum absolute atomic E-state index is 0.140.